The number of para-hydroxylation sites is 1. The molecule has 1 amide bonds. The molecule has 2 rings (SSSR count). The van der Waals surface area contributed by atoms with E-state index in [1.807, 2.05) is 48.5 Å². The number of benzene rings is 2. The highest BCUT2D eigenvalue weighted by Crippen LogP contribution is 2.32. The fourth-order valence-electron chi connectivity index (χ4n) is 2.08. The Morgan fingerprint density at radius 3 is 2.62 bits per heavy atom. The zero-order valence-electron chi connectivity index (χ0n) is 12.0. The van der Waals surface area contributed by atoms with Crippen molar-refractivity contribution in [2.45, 2.75) is 13.0 Å². The van der Waals surface area contributed by atoms with Crippen molar-refractivity contribution in [2.75, 3.05) is 13.7 Å². The van der Waals surface area contributed by atoms with Crippen molar-refractivity contribution in [3.8, 4) is 11.5 Å². The van der Waals surface area contributed by atoms with E-state index in [0.29, 0.717) is 31.7 Å². The number of carbonyl (C=O) groups excluding carboxylic acids is 1. The number of carbonyl (C=O) groups is 1. The third-order valence-electron chi connectivity index (χ3n) is 3.13. The van der Waals surface area contributed by atoms with Crippen LogP contribution in [0.25, 0.3) is 0 Å². The first-order valence-electron chi connectivity index (χ1n) is 6.84. The molecule has 0 aromatic heterocycles. The van der Waals surface area contributed by atoms with Gasteiger partial charge < -0.3 is 14.8 Å². The maximum absolute atomic E-state index is 10.3. The molecule has 2 aromatic carbocycles. The highest BCUT2D eigenvalue weighted by Gasteiger charge is 2.10. The molecular formula is C17H19NO3. The van der Waals surface area contributed by atoms with E-state index < -0.39 is 0 Å². The molecule has 0 aliphatic carbocycles. The summed E-state index contributed by atoms with van der Waals surface area (Å²) in [7, 11) is 1.62. The number of methoxy groups -OCH3 is 1. The first-order chi connectivity index (χ1) is 10.3. The van der Waals surface area contributed by atoms with Crippen molar-refractivity contribution < 1.29 is 14.3 Å². The molecule has 0 saturated carbocycles. The number of ether oxygens (including phenoxy) is 2. The molecule has 0 unspecified atom stereocenters. The topological polar surface area (TPSA) is 47.6 Å². The van der Waals surface area contributed by atoms with Gasteiger partial charge in [0.1, 0.15) is 6.61 Å². The molecule has 0 radical (unpaired) electrons. The van der Waals surface area contributed by atoms with Crippen molar-refractivity contribution in [1.29, 1.82) is 0 Å². The number of nitrogens with one attached hydrogen (secondary N) is 1. The van der Waals surface area contributed by atoms with E-state index in [-0.39, 0.29) is 0 Å². The number of hydrogen-bond acceptors (Lipinski definition) is 3. The Labute approximate surface area is 124 Å². The van der Waals surface area contributed by atoms with Crippen LogP contribution in [-0.2, 0) is 17.8 Å². The van der Waals surface area contributed by atoms with Crippen molar-refractivity contribution in [3.05, 3.63) is 59.7 Å². The molecule has 110 valence electrons. The van der Waals surface area contributed by atoms with Gasteiger partial charge in [-0.25, -0.2) is 0 Å². The second kappa shape index (κ2) is 7.94. The van der Waals surface area contributed by atoms with Gasteiger partial charge in [-0.15, -0.1) is 0 Å². The smallest absolute Gasteiger partial charge is 0.207 e. The van der Waals surface area contributed by atoms with Gasteiger partial charge in [0, 0.05) is 6.54 Å². The molecule has 0 spiro atoms. The van der Waals surface area contributed by atoms with Crippen molar-refractivity contribution >= 4 is 6.41 Å². The minimum absolute atomic E-state index is 0.481. The Balaban J connectivity index is 2.12. The number of amides is 1. The molecular weight excluding hydrogens is 266 g/mol. The molecule has 1 N–H and O–H groups in total. The van der Waals surface area contributed by atoms with Crippen LogP contribution in [0.3, 0.4) is 0 Å². The first kappa shape index (κ1) is 14.9. The second-order valence-electron chi connectivity index (χ2n) is 4.54. The molecule has 0 heterocycles. The van der Waals surface area contributed by atoms with Crippen molar-refractivity contribution in [1.82, 2.24) is 5.32 Å². The van der Waals surface area contributed by atoms with Crippen molar-refractivity contribution in [2.24, 2.45) is 0 Å². The van der Waals surface area contributed by atoms with Crippen LogP contribution in [0.4, 0.5) is 0 Å². The third kappa shape index (κ3) is 4.24. The molecule has 0 aliphatic heterocycles. The predicted octanol–water partition coefficient (Wildman–Crippen LogP) is 2.56. The molecule has 4 nitrogen and oxygen atoms in total. The van der Waals surface area contributed by atoms with Crippen LogP contribution in [0.1, 0.15) is 11.1 Å². The lowest BCUT2D eigenvalue weighted by Gasteiger charge is -2.15. The summed E-state index contributed by atoms with van der Waals surface area (Å²) in [5, 5.41) is 2.66. The summed E-state index contributed by atoms with van der Waals surface area (Å²) in [6.07, 6.45) is 1.39. The summed E-state index contributed by atoms with van der Waals surface area (Å²) < 4.78 is 11.3. The zero-order chi connectivity index (χ0) is 14.9. The highest BCUT2D eigenvalue weighted by molar-refractivity contribution is 5.48. The van der Waals surface area contributed by atoms with Crippen LogP contribution < -0.4 is 14.8 Å². The van der Waals surface area contributed by atoms with Crippen LogP contribution in [0.2, 0.25) is 0 Å². The molecule has 4 heteroatoms. The molecule has 0 bridgehead atoms. The Morgan fingerprint density at radius 1 is 1.10 bits per heavy atom. The Bertz CT molecular complexity index is 570. The Kier molecular flexibility index (Phi) is 5.64. The highest BCUT2D eigenvalue weighted by atomic mass is 16.5. The fourth-order valence-corrected chi connectivity index (χ4v) is 2.08. The number of rotatable bonds is 8. The van der Waals surface area contributed by atoms with Crippen LogP contribution in [0.15, 0.2) is 48.5 Å². The summed E-state index contributed by atoms with van der Waals surface area (Å²) in [5.74, 6) is 1.44. The van der Waals surface area contributed by atoms with Gasteiger partial charge >= 0.3 is 0 Å². The second-order valence-corrected chi connectivity index (χ2v) is 4.54. The largest absolute Gasteiger partial charge is 0.493 e. The van der Waals surface area contributed by atoms with E-state index in [1.54, 1.807) is 7.11 Å². The van der Waals surface area contributed by atoms with Gasteiger partial charge in [0.15, 0.2) is 11.5 Å². The zero-order valence-corrected chi connectivity index (χ0v) is 12.0. The molecule has 0 atom stereocenters. The molecule has 0 saturated heterocycles. The van der Waals surface area contributed by atoms with Crippen LogP contribution in [-0.4, -0.2) is 20.1 Å². The lowest BCUT2D eigenvalue weighted by atomic mass is 10.1. The minimum Gasteiger partial charge on any atom is -0.493 e. The summed E-state index contributed by atoms with van der Waals surface area (Å²) in [5.41, 5.74) is 2.11. The minimum atomic E-state index is 0.481. The average Bonchev–Trinajstić information content (AvgIpc) is 2.54. The van der Waals surface area contributed by atoms with Gasteiger partial charge in [-0.3, -0.25) is 4.79 Å². The van der Waals surface area contributed by atoms with Gasteiger partial charge in [0.05, 0.1) is 7.11 Å². The number of hydrogen-bond donors (Lipinski definition) is 1. The van der Waals surface area contributed by atoms with Crippen LogP contribution >= 0.6 is 0 Å². The van der Waals surface area contributed by atoms with Crippen molar-refractivity contribution in [3.63, 3.8) is 0 Å². The summed E-state index contributed by atoms with van der Waals surface area (Å²) in [6.45, 7) is 1.05. The van der Waals surface area contributed by atoms with Gasteiger partial charge in [0.25, 0.3) is 0 Å². The maximum atomic E-state index is 10.3. The SMILES string of the molecule is COc1cccc(CCNC=O)c1OCc1ccccc1. The van der Waals surface area contributed by atoms with E-state index in [0.717, 1.165) is 16.9 Å². The molecule has 0 fully saturated rings. The quantitative estimate of drug-likeness (QED) is 0.599. The monoisotopic (exact) mass is 285 g/mol. The standard InChI is InChI=1S/C17H19NO3/c1-20-16-9-5-8-15(10-11-18-13-19)17(16)21-12-14-6-3-2-4-7-14/h2-9,13H,10-12H2,1H3,(H,18,19). The fraction of sp³-hybridized carbons (Fsp3) is 0.235. The van der Waals surface area contributed by atoms with E-state index >= 15 is 0 Å². The summed E-state index contributed by atoms with van der Waals surface area (Å²) in [6, 6.07) is 15.7. The van der Waals surface area contributed by atoms with Gasteiger partial charge in [-0.1, -0.05) is 42.5 Å². The average molecular weight is 285 g/mol. The maximum Gasteiger partial charge on any atom is 0.207 e. The first-order valence-corrected chi connectivity index (χ1v) is 6.84. The third-order valence-corrected chi connectivity index (χ3v) is 3.13. The molecule has 21 heavy (non-hydrogen) atoms. The Morgan fingerprint density at radius 2 is 1.90 bits per heavy atom. The van der Waals surface area contributed by atoms with Crippen LogP contribution in [0.5, 0.6) is 11.5 Å². The molecule has 2 aromatic rings. The normalized spacial score (nSPS) is 9.95. The molecule has 0 aliphatic rings. The van der Waals surface area contributed by atoms with E-state index in [4.69, 9.17) is 9.47 Å². The van der Waals surface area contributed by atoms with E-state index in [1.165, 1.54) is 0 Å². The van der Waals surface area contributed by atoms with Gasteiger partial charge in [-0.05, 0) is 23.6 Å². The lowest BCUT2D eigenvalue weighted by Crippen LogP contribution is -2.15. The van der Waals surface area contributed by atoms with Gasteiger partial charge in [0.2, 0.25) is 6.41 Å². The predicted molar refractivity (Wildman–Crippen MR) is 81.5 cm³/mol. The Hall–Kier alpha value is -2.49. The summed E-state index contributed by atoms with van der Waals surface area (Å²) >= 11 is 0. The lowest BCUT2D eigenvalue weighted by molar-refractivity contribution is -0.109. The van der Waals surface area contributed by atoms with Crippen LogP contribution in [0, 0.1) is 0 Å². The van der Waals surface area contributed by atoms with E-state index in [9.17, 15) is 4.79 Å². The van der Waals surface area contributed by atoms with Gasteiger partial charge in [-0.2, -0.15) is 0 Å². The summed E-state index contributed by atoms with van der Waals surface area (Å²) in [4.78, 5) is 10.3. The van der Waals surface area contributed by atoms with E-state index in [2.05, 4.69) is 5.32 Å².